The van der Waals surface area contributed by atoms with E-state index >= 15 is 0 Å². The molecule has 1 unspecified atom stereocenters. The molecule has 1 heterocycles. The summed E-state index contributed by atoms with van der Waals surface area (Å²) in [6.07, 6.45) is 0. The van der Waals surface area contributed by atoms with Gasteiger partial charge in [-0.3, -0.25) is 9.69 Å². The van der Waals surface area contributed by atoms with Crippen molar-refractivity contribution >= 4 is 5.91 Å². The zero-order valence-electron chi connectivity index (χ0n) is 11.5. The Kier molecular flexibility index (Phi) is 4.10. The summed E-state index contributed by atoms with van der Waals surface area (Å²) in [6.45, 7) is 10.5. The molecule has 0 N–H and O–H groups in total. The maximum atomic E-state index is 13.8. The number of aryl methyl sites for hydroxylation is 1. The Morgan fingerprint density at radius 2 is 2.21 bits per heavy atom. The van der Waals surface area contributed by atoms with E-state index in [1.54, 1.807) is 17.0 Å². The second-order valence-corrected chi connectivity index (χ2v) is 5.12. The van der Waals surface area contributed by atoms with E-state index < -0.39 is 5.82 Å². The zero-order valence-corrected chi connectivity index (χ0v) is 11.5. The van der Waals surface area contributed by atoms with Crippen LogP contribution >= 0.6 is 0 Å². The molecule has 1 fully saturated rings. The molecule has 2 rings (SSSR count). The van der Waals surface area contributed by atoms with Gasteiger partial charge in [0.1, 0.15) is 12.4 Å². The van der Waals surface area contributed by atoms with Crippen LogP contribution in [-0.2, 0) is 0 Å². The fourth-order valence-electron chi connectivity index (χ4n) is 2.48. The second kappa shape index (κ2) is 5.61. The van der Waals surface area contributed by atoms with Crippen molar-refractivity contribution in [3.8, 4) is 0 Å². The first kappa shape index (κ1) is 13.9. The third kappa shape index (κ3) is 2.89. The number of piperazine rings is 1. The molecular formula is C15H20FN2O+. The van der Waals surface area contributed by atoms with E-state index in [0.29, 0.717) is 13.1 Å². The number of benzene rings is 1. The highest BCUT2D eigenvalue weighted by Crippen LogP contribution is 2.16. The van der Waals surface area contributed by atoms with Crippen molar-refractivity contribution in [2.75, 3.05) is 26.2 Å². The van der Waals surface area contributed by atoms with E-state index in [1.165, 1.54) is 6.07 Å². The van der Waals surface area contributed by atoms with Crippen molar-refractivity contribution < 1.29 is 9.18 Å². The molecule has 0 aliphatic carbocycles. The normalized spacial score (nSPS) is 20.6. The van der Waals surface area contributed by atoms with Crippen LogP contribution in [0.25, 0.3) is 0 Å². The van der Waals surface area contributed by atoms with Gasteiger partial charge in [0.15, 0.2) is 0 Å². The van der Waals surface area contributed by atoms with Gasteiger partial charge in [0.2, 0.25) is 0 Å². The highest BCUT2D eigenvalue weighted by atomic mass is 19.1. The Balaban J connectivity index is 2.12. The van der Waals surface area contributed by atoms with Crippen LogP contribution in [0.5, 0.6) is 0 Å². The number of hydrogen-bond acceptors (Lipinski definition) is 2. The standard InChI is InChI=1S/C15H20FN2O/c1-4-17-7-8-18(10-12(17)3)15(19)13-6-5-11(2)9-14(13)16/h5-6,9,12H,1,4,7-8,10H2,2-3H3/q+1. The molecule has 0 radical (unpaired) electrons. The lowest BCUT2D eigenvalue weighted by Gasteiger charge is -2.37. The van der Waals surface area contributed by atoms with E-state index in [1.807, 2.05) is 6.92 Å². The molecule has 1 saturated heterocycles. The number of nitrogens with zero attached hydrogens (tertiary/aromatic N) is 2. The summed E-state index contributed by atoms with van der Waals surface area (Å²) in [5.41, 5.74) is 0.991. The average Bonchev–Trinajstić information content (AvgIpc) is 2.38. The lowest BCUT2D eigenvalue weighted by atomic mass is 10.1. The van der Waals surface area contributed by atoms with Crippen LogP contribution < -0.4 is 0 Å². The van der Waals surface area contributed by atoms with Crippen LogP contribution in [0.3, 0.4) is 0 Å². The molecule has 1 aliphatic heterocycles. The van der Waals surface area contributed by atoms with Gasteiger partial charge in [-0.05, 0) is 31.5 Å². The average molecular weight is 263 g/mol. The highest BCUT2D eigenvalue weighted by molar-refractivity contribution is 5.94. The van der Waals surface area contributed by atoms with Crippen molar-refractivity contribution in [2.45, 2.75) is 19.9 Å². The van der Waals surface area contributed by atoms with Gasteiger partial charge in [0.05, 0.1) is 12.5 Å². The third-order valence-electron chi connectivity index (χ3n) is 3.69. The Morgan fingerprint density at radius 3 is 2.79 bits per heavy atom. The molecule has 1 aliphatic rings. The van der Waals surface area contributed by atoms with Crippen LogP contribution in [0.1, 0.15) is 22.8 Å². The molecule has 0 aromatic heterocycles. The van der Waals surface area contributed by atoms with Gasteiger partial charge in [-0.25, -0.2) is 4.39 Å². The van der Waals surface area contributed by atoms with Crippen molar-refractivity contribution in [1.82, 2.24) is 9.80 Å². The number of hydrogen-bond donors (Lipinski definition) is 0. The molecule has 1 amide bonds. The molecule has 4 heteroatoms. The van der Waals surface area contributed by atoms with Gasteiger partial charge >= 0.3 is 0 Å². The minimum atomic E-state index is -0.433. The quantitative estimate of drug-likeness (QED) is 0.763. The van der Waals surface area contributed by atoms with Gasteiger partial charge in [0.25, 0.3) is 5.91 Å². The van der Waals surface area contributed by atoms with Crippen LogP contribution in [0, 0.1) is 19.7 Å². The molecule has 1 aromatic rings. The highest BCUT2D eigenvalue weighted by Gasteiger charge is 2.28. The minimum absolute atomic E-state index is 0.167. The van der Waals surface area contributed by atoms with E-state index in [9.17, 15) is 9.18 Å². The molecule has 0 saturated carbocycles. The maximum Gasteiger partial charge on any atom is 0.256 e. The van der Waals surface area contributed by atoms with Crippen LogP contribution in [0.4, 0.5) is 4.39 Å². The van der Waals surface area contributed by atoms with Crippen LogP contribution in [0.2, 0.25) is 0 Å². The van der Waals surface area contributed by atoms with Crippen molar-refractivity contribution in [3.05, 3.63) is 42.1 Å². The van der Waals surface area contributed by atoms with Crippen molar-refractivity contribution in [2.24, 2.45) is 0 Å². The minimum Gasteiger partial charge on any atom is -0.336 e. The summed E-state index contributed by atoms with van der Waals surface area (Å²) in [5, 5.41) is 0. The van der Waals surface area contributed by atoms with E-state index in [4.69, 9.17) is 0 Å². The van der Waals surface area contributed by atoms with E-state index in [2.05, 4.69) is 18.7 Å². The molecule has 1 atom stereocenters. The Labute approximate surface area is 114 Å². The third-order valence-corrected chi connectivity index (χ3v) is 3.69. The molecule has 19 heavy (non-hydrogen) atoms. The topological polar surface area (TPSA) is 23.6 Å². The van der Waals surface area contributed by atoms with Crippen LogP contribution in [-0.4, -0.2) is 47.9 Å². The number of halogens is 1. The van der Waals surface area contributed by atoms with Crippen LogP contribution in [0.15, 0.2) is 18.2 Å². The molecule has 3 nitrogen and oxygen atoms in total. The summed E-state index contributed by atoms with van der Waals surface area (Å²) >= 11 is 0. The van der Waals surface area contributed by atoms with E-state index in [0.717, 1.165) is 18.7 Å². The summed E-state index contributed by atoms with van der Waals surface area (Å²) < 4.78 is 13.8. The lowest BCUT2D eigenvalue weighted by Crippen LogP contribution is -2.53. The molecular weight excluding hydrogens is 243 g/mol. The molecule has 0 bridgehead atoms. The van der Waals surface area contributed by atoms with Gasteiger partial charge < -0.3 is 4.90 Å². The molecule has 1 aromatic carbocycles. The van der Waals surface area contributed by atoms with Crippen molar-refractivity contribution in [1.29, 1.82) is 0 Å². The predicted octanol–water partition coefficient (Wildman–Crippen LogP) is 2.11. The van der Waals surface area contributed by atoms with Gasteiger partial charge in [-0.15, -0.1) is 0 Å². The first-order valence-electron chi connectivity index (χ1n) is 6.61. The number of rotatable bonds is 2. The Bertz CT molecular complexity index is 475. The summed E-state index contributed by atoms with van der Waals surface area (Å²) in [6, 6.07) is 5.02. The SMILES string of the molecule is [CH2+]CN1CCN(C(=O)c2ccc(C)cc2F)CC1C. The smallest absolute Gasteiger partial charge is 0.256 e. The summed E-state index contributed by atoms with van der Waals surface area (Å²) in [4.78, 5) is 16.3. The van der Waals surface area contributed by atoms with Gasteiger partial charge in [-0.1, -0.05) is 6.07 Å². The molecule has 102 valence electrons. The summed E-state index contributed by atoms with van der Waals surface area (Å²) in [5.74, 6) is -0.648. The van der Waals surface area contributed by atoms with E-state index in [-0.39, 0.29) is 17.5 Å². The number of carbonyl (C=O) groups excluding carboxylic acids is 1. The first-order chi connectivity index (χ1) is 9.02. The first-order valence-corrected chi connectivity index (χ1v) is 6.61. The maximum absolute atomic E-state index is 13.8. The fraction of sp³-hybridized carbons (Fsp3) is 0.467. The predicted molar refractivity (Wildman–Crippen MR) is 73.4 cm³/mol. The monoisotopic (exact) mass is 263 g/mol. The Hall–Kier alpha value is -1.55. The number of carbonyl (C=O) groups is 1. The zero-order chi connectivity index (χ0) is 14.0. The lowest BCUT2D eigenvalue weighted by molar-refractivity contribution is 0.0537. The Morgan fingerprint density at radius 1 is 1.47 bits per heavy atom. The fourth-order valence-corrected chi connectivity index (χ4v) is 2.48. The number of amides is 1. The van der Waals surface area contributed by atoms with Crippen molar-refractivity contribution in [3.63, 3.8) is 0 Å². The molecule has 0 spiro atoms. The van der Waals surface area contributed by atoms with Gasteiger partial charge in [-0.2, -0.15) is 0 Å². The van der Waals surface area contributed by atoms with Gasteiger partial charge in [0, 0.05) is 25.7 Å². The second-order valence-electron chi connectivity index (χ2n) is 5.12. The largest absolute Gasteiger partial charge is 0.336 e. The summed E-state index contributed by atoms with van der Waals surface area (Å²) in [7, 11) is 0.